The molecule has 0 bridgehead atoms. The summed E-state index contributed by atoms with van der Waals surface area (Å²) in [5.41, 5.74) is -0.132. The second kappa shape index (κ2) is 4.02. The molecule has 2 aliphatic rings. The van der Waals surface area contributed by atoms with Gasteiger partial charge in [-0.15, -0.1) is 0 Å². The van der Waals surface area contributed by atoms with Gasteiger partial charge >= 0.3 is 5.97 Å². The van der Waals surface area contributed by atoms with Gasteiger partial charge in [-0.25, -0.2) is 0 Å². The Morgan fingerprint density at radius 2 is 1.94 bits per heavy atom. The molecule has 0 amide bonds. The van der Waals surface area contributed by atoms with E-state index in [0.717, 1.165) is 25.9 Å². The summed E-state index contributed by atoms with van der Waals surface area (Å²) in [4.78, 5) is 13.6. The lowest BCUT2D eigenvalue weighted by Crippen LogP contribution is -2.66. The van der Waals surface area contributed by atoms with Crippen molar-refractivity contribution in [2.45, 2.75) is 57.9 Å². The minimum absolute atomic E-state index is 0.491. The first-order chi connectivity index (χ1) is 7.52. The quantitative estimate of drug-likeness (QED) is 0.799. The van der Waals surface area contributed by atoms with E-state index < -0.39 is 11.5 Å². The van der Waals surface area contributed by atoms with E-state index in [-0.39, 0.29) is 0 Å². The zero-order valence-corrected chi connectivity index (χ0v) is 10.5. The molecule has 1 unspecified atom stereocenters. The number of hydrogen-bond acceptors (Lipinski definition) is 2. The average molecular weight is 225 g/mol. The predicted molar refractivity (Wildman–Crippen MR) is 63.4 cm³/mol. The molecule has 0 aromatic rings. The molecule has 3 nitrogen and oxygen atoms in total. The maximum Gasteiger partial charge on any atom is 0.323 e. The lowest BCUT2D eigenvalue weighted by atomic mass is 9.74. The molecular formula is C13H23NO2. The van der Waals surface area contributed by atoms with E-state index in [1.807, 2.05) is 6.92 Å². The lowest BCUT2D eigenvalue weighted by Gasteiger charge is -2.55. The minimum atomic E-state index is -0.651. The average Bonchev–Trinajstić information content (AvgIpc) is 2.63. The maximum absolute atomic E-state index is 11.4. The Morgan fingerprint density at radius 1 is 1.38 bits per heavy atom. The highest BCUT2D eigenvalue weighted by molar-refractivity contribution is 5.78. The third kappa shape index (κ3) is 1.75. The van der Waals surface area contributed by atoms with Gasteiger partial charge in [0.25, 0.3) is 0 Å². The first-order valence-corrected chi connectivity index (χ1v) is 6.51. The van der Waals surface area contributed by atoms with Crippen molar-refractivity contribution in [1.82, 2.24) is 4.90 Å². The minimum Gasteiger partial charge on any atom is -0.480 e. The molecule has 1 spiro atoms. The van der Waals surface area contributed by atoms with E-state index in [0.29, 0.717) is 5.41 Å². The molecule has 1 heterocycles. The number of aliphatic carboxylic acids is 1. The number of rotatable bonds is 4. The van der Waals surface area contributed by atoms with Crippen LogP contribution in [0.4, 0.5) is 0 Å². The molecule has 1 aliphatic heterocycles. The topological polar surface area (TPSA) is 40.5 Å². The van der Waals surface area contributed by atoms with Crippen molar-refractivity contribution in [3.63, 3.8) is 0 Å². The van der Waals surface area contributed by atoms with E-state index in [2.05, 4.69) is 11.8 Å². The second-order valence-electron chi connectivity index (χ2n) is 5.89. The Kier molecular flexibility index (Phi) is 2.99. The summed E-state index contributed by atoms with van der Waals surface area (Å²) in [7, 11) is 0. The predicted octanol–water partition coefficient (Wildman–Crippen LogP) is 2.51. The highest BCUT2D eigenvalue weighted by atomic mass is 16.4. The van der Waals surface area contributed by atoms with E-state index >= 15 is 0 Å². The molecule has 0 radical (unpaired) electrons. The van der Waals surface area contributed by atoms with Crippen molar-refractivity contribution in [2.24, 2.45) is 5.41 Å². The highest BCUT2D eigenvalue weighted by Gasteiger charge is 2.52. The van der Waals surface area contributed by atoms with Crippen LogP contribution in [0, 0.1) is 5.41 Å². The molecule has 16 heavy (non-hydrogen) atoms. The summed E-state index contributed by atoms with van der Waals surface area (Å²) in [6, 6.07) is 0. The number of carboxylic acids is 1. The summed E-state index contributed by atoms with van der Waals surface area (Å²) in [5, 5.41) is 9.39. The van der Waals surface area contributed by atoms with Gasteiger partial charge in [0.15, 0.2) is 0 Å². The van der Waals surface area contributed by atoms with Gasteiger partial charge in [-0.1, -0.05) is 26.2 Å². The molecular weight excluding hydrogens is 202 g/mol. The monoisotopic (exact) mass is 225 g/mol. The van der Waals surface area contributed by atoms with Gasteiger partial charge in [0, 0.05) is 13.1 Å². The first-order valence-electron chi connectivity index (χ1n) is 6.51. The Balaban J connectivity index is 2.00. The summed E-state index contributed by atoms with van der Waals surface area (Å²) in [6.07, 6.45) is 7.00. The van der Waals surface area contributed by atoms with E-state index in [1.54, 1.807) is 0 Å². The van der Waals surface area contributed by atoms with Crippen LogP contribution >= 0.6 is 0 Å². The van der Waals surface area contributed by atoms with Gasteiger partial charge in [0.2, 0.25) is 0 Å². The number of hydrogen-bond donors (Lipinski definition) is 1. The summed E-state index contributed by atoms with van der Waals surface area (Å²) in [6.45, 7) is 5.97. The molecule has 92 valence electrons. The number of nitrogens with zero attached hydrogens (tertiary/aromatic N) is 1. The van der Waals surface area contributed by atoms with Gasteiger partial charge in [-0.3, -0.25) is 9.69 Å². The Labute approximate surface area is 97.8 Å². The third-order valence-corrected chi connectivity index (χ3v) is 4.61. The molecule has 1 atom stereocenters. The fourth-order valence-electron chi connectivity index (χ4n) is 3.44. The van der Waals surface area contributed by atoms with Crippen LogP contribution in [0.1, 0.15) is 52.4 Å². The van der Waals surface area contributed by atoms with E-state index in [9.17, 15) is 9.90 Å². The smallest absolute Gasteiger partial charge is 0.323 e. The maximum atomic E-state index is 11.4. The van der Waals surface area contributed by atoms with Crippen LogP contribution in [0.15, 0.2) is 0 Å². The van der Waals surface area contributed by atoms with Crippen LogP contribution in [0.25, 0.3) is 0 Å². The van der Waals surface area contributed by atoms with Crippen molar-refractivity contribution < 1.29 is 9.90 Å². The van der Waals surface area contributed by atoms with Crippen molar-refractivity contribution in [3.05, 3.63) is 0 Å². The molecule has 1 aliphatic carbocycles. The third-order valence-electron chi connectivity index (χ3n) is 4.61. The van der Waals surface area contributed by atoms with Crippen LogP contribution in [0.2, 0.25) is 0 Å². The standard InChI is InChI=1S/C13H23NO2/c1-3-6-12(2,11(15)16)14-9-13(10-14)7-4-5-8-13/h3-10H2,1-2H3,(H,15,16). The van der Waals surface area contributed by atoms with Crippen LogP contribution < -0.4 is 0 Å². The molecule has 0 aromatic carbocycles. The van der Waals surface area contributed by atoms with Gasteiger partial charge in [0.1, 0.15) is 5.54 Å². The molecule has 1 saturated carbocycles. The van der Waals surface area contributed by atoms with Gasteiger partial charge in [-0.05, 0) is 31.6 Å². The fourth-order valence-corrected chi connectivity index (χ4v) is 3.44. The molecule has 1 N–H and O–H groups in total. The Bertz CT molecular complexity index is 276. The van der Waals surface area contributed by atoms with E-state index in [1.165, 1.54) is 25.7 Å². The molecule has 0 aromatic heterocycles. The SMILES string of the molecule is CCCC(C)(C(=O)O)N1CC2(CCCC2)C1. The van der Waals surface area contributed by atoms with Crippen LogP contribution in [-0.4, -0.2) is 34.6 Å². The zero-order chi connectivity index (χ0) is 11.8. The molecule has 3 heteroatoms. The summed E-state index contributed by atoms with van der Waals surface area (Å²) < 4.78 is 0. The van der Waals surface area contributed by atoms with Gasteiger partial charge in [-0.2, -0.15) is 0 Å². The van der Waals surface area contributed by atoms with Crippen molar-refractivity contribution in [1.29, 1.82) is 0 Å². The second-order valence-corrected chi connectivity index (χ2v) is 5.89. The number of likely N-dealkylation sites (tertiary alicyclic amines) is 1. The molecule has 2 fully saturated rings. The van der Waals surface area contributed by atoms with Crippen LogP contribution in [-0.2, 0) is 4.79 Å². The molecule has 1 saturated heterocycles. The summed E-state index contributed by atoms with van der Waals surface area (Å²) >= 11 is 0. The van der Waals surface area contributed by atoms with Crippen LogP contribution in [0.5, 0.6) is 0 Å². The lowest BCUT2D eigenvalue weighted by molar-refractivity contribution is -0.162. The summed E-state index contributed by atoms with van der Waals surface area (Å²) in [5.74, 6) is -0.651. The fraction of sp³-hybridized carbons (Fsp3) is 0.923. The van der Waals surface area contributed by atoms with E-state index in [4.69, 9.17) is 0 Å². The number of carbonyl (C=O) groups is 1. The molecule has 2 rings (SSSR count). The normalized spacial score (nSPS) is 27.6. The van der Waals surface area contributed by atoms with Crippen molar-refractivity contribution in [2.75, 3.05) is 13.1 Å². The highest BCUT2D eigenvalue weighted by Crippen LogP contribution is 2.48. The van der Waals surface area contributed by atoms with Gasteiger partial charge in [0.05, 0.1) is 0 Å². The largest absolute Gasteiger partial charge is 0.480 e. The van der Waals surface area contributed by atoms with Crippen molar-refractivity contribution >= 4 is 5.97 Å². The zero-order valence-electron chi connectivity index (χ0n) is 10.5. The van der Waals surface area contributed by atoms with Crippen LogP contribution in [0.3, 0.4) is 0 Å². The Hall–Kier alpha value is -0.570. The van der Waals surface area contributed by atoms with Gasteiger partial charge < -0.3 is 5.11 Å². The van der Waals surface area contributed by atoms with Crippen molar-refractivity contribution in [3.8, 4) is 0 Å². The number of carboxylic acid groups (broad SMARTS) is 1. The first kappa shape index (κ1) is 11.9. The Morgan fingerprint density at radius 3 is 2.38 bits per heavy atom.